The SMILES string of the molecule is CCN(CC)CCCNS(=O)(=O)C1c2ccccc2CCN1C1CCCCC1. The third kappa shape index (κ3) is 5.15. The van der Waals surface area contributed by atoms with Crippen molar-refractivity contribution in [1.82, 2.24) is 14.5 Å². The minimum atomic E-state index is -3.45. The van der Waals surface area contributed by atoms with Crippen molar-refractivity contribution in [3.05, 3.63) is 35.4 Å². The van der Waals surface area contributed by atoms with Gasteiger partial charge in [-0.1, -0.05) is 57.4 Å². The lowest BCUT2D eigenvalue weighted by Crippen LogP contribution is -2.49. The van der Waals surface area contributed by atoms with E-state index >= 15 is 0 Å². The standard InChI is InChI=1S/C22H37N3O2S/c1-3-24(4-2)17-10-16-23-28(26,27)22-21-14-9-8-11-19(21)15-18-25(22)20-12-6-5-7-13-20/h8-9,11,14,20,22-23H,3-7,10,12-13,15-18H2,1-2H3. The smallest absolute Gasteiger partial charge is 0.232 e. The zero-order valence-corrected chi connectivity index (χ0v) is 18.4. The summed E-state index contributed by atoms with van der Waals surface area (Å²) in [5, 5.41) is -0.547. The van der Waals surface area contributed by atoms with Crippen LogP contribution in [0.3, 0.4) is 0 Å². The third-order valence-corrected chi connectivity index (χ3v) is 8.17. The average molecular weight is 408 g/mol. The fourth-order valence-corrected chi connectivity index (χ4v) is 6.60. The molecule has 1 aliphatic heterocycles. The predicted molar refractivity (Wildman–Crippen MR) is 116 cm³/mol. The van der Waals surface area contributed by atoms with Gasteiger partial charge in [0.25, 0.3) is 0 Å². The zero-order valence-electron chi connectivity index (χ0n) is 17.6. The van der Waals surface area contributed by atoms with E-state index in [0.717, 1.165) is 57.4 Å². The molecule has 28 heavy (non-hydrogen) atoms. The first-order chi connectivity index (χ1) is 13.6. The van der Waals surface area contributed by atoms with Crippen LogP contribution in [0.2, 0.25) is 0 Å². The Hall–Kier alpha value is -0.950. The summed E-state index contributed by atoms with van der Waals surface area (Å²) in [5.41, 5.74) is 2.17. The first kappa shape index (κ1) is 21.8. The van der Waals surface area contributed by atoms with Crippen molar-refractivity contribution < 1.29 is 8.42 Å². The van der Waals surface area contributed by atoms with E-state index in [-0.39, 0.29) is 0 Å². The maximum Gasteiger partial charge on any atom is 0.232 e. The fourth-order valence-electron chi connectivity index (χ4n) is 4.82. The van der Waals surface area contributed by atoms with E-state index in [2.05, 4.69) is 34.4 Å². The van der Waals surface area contributed by atoms with E-state index in [4.69, 9.17) is 0 Å². The van der Waals surface area contributed by atoms with Gasteiger partial charge in [-0.05, 0) is 56.4 Å². The van der Waals surface area contributed by atoms with Gasteiger partial charge in [0, 0.05) is 19.1 Å². The maximum absolute atomic E-state index is 13.4. The van der Waals surface area contributed by atoms with Gasteiger partial charge in [-0.2, -0.15) is 0 Å². The summed E-state index contributed by atoms with van der Waals surface area (Å²) in [7, 11) is -3.45. The topological polar surface area (TPSA) is 52.7 Å². The second-order valence-electron chi connectivity index (χ2n) is 8.15. The molecule has 1 aromatic carbocycles. The lowest BCUT2D eigenvalue weighted by molar-refractivity contribution is 0.130. The highest BCUT2D eigenvalue weighted by Crippen LogP contribution is 2.38. The van der Waals surface area contributed by atoms with Crippen molar-refractivity contribution >= 4 is 10.0 Å². The number of nitrogens with zero attached hydrogens (tertiary/aromatic N) is 2. The Morgan fingerprint density at radius 2 is 1.82 bits per heavy atom. The molecule has 0 saturated heterocycles. The van der Waals surface area contributed by atoms with Crippen LogP contribution in [0.15, 0.2) is 24.3 Å². The Morgan fingerprint density at radius 1 is 1.11 bits per heavy atom. The maximum atomic E-state index is 13.4. The molecule has 5 nitrogen and oxygen atoms in total. The van der Waals surface area contributed by atoms with Crippen molar-refractivity contribution in [3.63, 3.8) is 0 Å². The van der Waals surface area contributed by atoms with E-state index in [0.29, 0.717) is 12.6 Å². The van der Waals surface area contributed by atoms with Crippen LogP contribution < -0.4 is 4.72 Å². The quantitative estimate of drug-likeness (QED) is 0.636. The van der Waals surface area contributed by atoms with E-state index in [1.165, 1.54) is 24.8 Å². The molecule has 1 atom stereocenters. The molecule has 0 bridgehead atoms. The normalized spacial score (nSPS) is 21.8. The Morgan fingerprint density at radius 3 is 2.54 bits per heavy atom. The van der Waals surface area contributed by atoms with E-state index in [9.17, 15) is 8.42 Å². The first-order valence-corrected chi connectivity index (χ1v) is 12.7. The lowest BCUT2D eigenvalue weighted by Gasteiger charge is -2.43. The summed E-state index contributed by atoms with van der Waals surface area (Å²) in [6, 6.07) is 8.50. The molecule has 0 radical (unpaired) electrons. The van der Waals surface area contributed by atoms with Crippen LogP contribution in [0.25, 0.3) is 0 Å². The Bertz CT molecular complexity index is 712. The Balaban J connectivity index is 1.75. The van der Waals surface area contributed by atoms with Gasteiger partial charge in [0.1, 0.15) is 0 Å². The molecule has 6 heteroatoms. The number of hydrogen-bond donors (Lipinski definition) is 1. The van der Waals surface area contributed by atoms with Crippen molar-refractivity contribution in [1.29, 1.82) is 0 Å². The summed E-state index contributed by atoms with van der Waals surface area (Å²) in [6.07, 6.45) is 7.74. The minimum Gasteiger partial charge on any atom is -0.304 e. The number of benzene rings is 1. The molecular weight excluding hydrogens is 370 g/mol. The highest BCUT2D eigenvalue weighted by atomic mass is 32.2. The minimum absolute atomic E-state index is 0.388. The molecule has 2 aliphatic rings. The number of nitrogens with one attached hydrogen (secondary N) is 1. The lowest BCUT2D eigenvalue weighted by atomic mass is 9.91. The molecule has 0 aromatic heterocycles. The number of rotatable bonds is 9. The molecule has 0 amide bonds. The van der Waals surface area contributed by atoms with Gasteiger partial charge in [0.05, 0.1) is 0 Å². The van der Waals surface area contributed by atoms with Crippen LogP contribution in [0.1, 0.15) is 68.9 Å². The third-order valence-electron chi connectivity index (χ3n) is 6.45. The Labute approximate surface area is 171 Å². The van der Waals surface area contributed by atoms with Crippen molar-refractivity contribution in [2.24, 2.45) is 0 Å². The Kier molecular flexibility index (Phi) is 7.92. The summed E-state index contributed by atoms with van der Waals surface area (Å²) in [4.78, 5) is 4.62. The molecule has 3 rings (SSSR count). The molecule has 0 spiro atoms. The fraction of sp³-hybridized carbons (Fsp3) is 0.727. The molecule has 1 aromatic rings. The first-order valence-electron chi connectivity index (χ1n) is 11.1. The van der Waals surface area contributed by atoms with E-state index in [1.807, 2.05) is 18.2 Å². The largest absolute Gasteiger partial charge is 0.304 e. The van der Waals surface area contributed by atoms with Gasteiger partial charge in [0.2, 0.25) is 10.0 Å². The van der Waals surface area contributed by atoms with Gasteiger partial charge in [0.15, 0.2) is 5.37 Å². The van der Waals surface area contributed by atoms with Gasteiger partial charge in [-0.25, -0.2) is 13.1 Å². The van der Waals surface area contributed by atoms with Crippen LogP contribution in [-0.2, 0) is 16.4 Å². The van der Waals surface area contributed by atoms with E-state index < -0.39 is 15.4 Å². The molecule has 1 fully saturated rings. The molecule has 158 valence electrons. The number of fused-ring (bicyclic) bond motifs is 1. The molecule has 1 unspecified atom stereocenters. The van der Waals surface area contributed by atoms with Gasteiger partial charge in [-0.3, -0.25) is 4.90 Å². The molecular formula is C22H37N3O2S. The second kappa shape index (κ2) is 10.2. The zero-order chi connectivity index (χ0) is 20.0. The number of sulfonamides is 1. The highest BCUT2D eigenvalue weighted by Gasteiger charge is 2.40. The van der Waals surface area contributed by atoms with Crippen LogP contribution in [0, 0.1) is 0 Å². The summed E-state index contributed by atoms with van der Waals surface area (Å²) < 4.78 is 29.8. The van der Waals surface area contributed by atoms with E-state index in [1.54, 1.807) is 0 Å². The van der Waals surface area contributed by atoms with Crippen molar-refractivity contribution in [2.45, 2.75) is 70.2 Å². The molecule has 1 aliphatic carbocycles. The summed E-state index contributed by atoms with van der Waals surface area (Å²) in [5.74, 6) is 0. The number of hydrogen-bond acceptors (Lipinski definition) is 4. The predicted octanol–water partition coefficient (Wildman–Crippen LogP) is 3.53. The van der Waals surface area contributed by atoms with Gasteiger partial charge >= 0.3 is 0 Å². The van der Waals surface area contributed by atoms with Crippen molar-refractivity contribution in [2.75, 3.05) is 32.7 Å². The summed E-state index contributed by atoms with van der Waals surface area (Å²) in [6.45, 7) is 8.60. The van der Waals surface area contributed by atoms with Gasteiger partial charge in [-0.15, -0.1) is 0 Å². The summed E-state index contributed by atoms with van der Waals surface area (Å²) >= 11 is 0. The second-order valence-corrected chi connectivity index (χ2v) is 9.98. The molecule has 1 N–H and O–H groups in total. The monoisotopic (exact) mass is 407 g/mol. The van der Waals surface area contributed by atoms with Crippen LogP contribution >= 0.6 is 0 Å². The van der Waals surface area contributed by atoms with Crippen LogP contribution in [0.5, 0.6) is 0 Å². The average Bonchev–Trinajstić information content (AvgIpc) is 2.73. The highest BCUT2D eigenvalue weighted by molar-refractivity contribution is 7.89. The van der Waals surface area contributed by atoms with Gasteiger partial charge < -0.3 is 4.90 Å². The van der Waals surface area contributed by atoms with Crippen LogP contribution in [-0.4, -0.2) is 57.0 Å². The molecule has 1 heterocycles. The van der Waals surface area contributed by atoms with Crippen molar-refractivity contribution in [3.8, 4) is 0 Å². The molecule has 1 saturated carbocycles. The van der Waals surface area contributed by atoms with Crippen LogP contribution in [0.4, 0.5) is 0 Å².